The number of hydrogen-bond donors (Lipinski definition) is 1. The molecule has 0 aromatic carbocycles. The minimum atomic E-state index is 0.657. The summed E-state index contributed by atoms with van der Waals surface area (Å²) in [6.07, 6.45) is 3.71. The number of aromatic nitrogens is 6. The number of aromatic amines is 1. The van der Waals surface area contributed by atoms with Gasteiger partial charge in [-0.05, 0) is 19.1 Å². The van der Waals surface area contributed by atoms with Crippen LogP contribution in [0.3, 0.4) is 0 Å². The van der Waals surface area contributed by atoms with Crippen molar-refractivity contribution in [2.24, 2.45) is 14.1 Å². The highest BCUT2D eigenvalue weighted by molar-refractivity contribution is 7.71. The number of imidazole rings is 1. The summed E-state index contributed by atoms with van der Waals surface area (Å²) in [5.41, 5.74) is 3.81. The van der Waals surface area contributed by atoms with Crippen molar-refractivity contribution in [2.75, 3.05) is 0 Å². The number of H-pyrrole nitrogens is 1. The third kappa shape index (κ3) is 1.35. The molecule has 0 radical (unpaired) electrons. The minimum absolute atomic E-state index is 0.657. The third-order valence-corrected chi connectivity index (χ3v) is 3.07. The minimum Gasteiger partial charge on any atom is -0.327 e. The average Bonchev–Trinajstić information content (AvgIpc) is 2.87. The second kappa shape index (κ2) is 3.30. The van der Waals surface area contributed by atoms with Crippen LogP contribution in [0.25, 0.3) is 16.9 Å². The summed E-state index contributed by atoms with van der Waals surface area (Å²) in [7, 11) is 3.79. The standard InChI is InChI=1S/C10H12N6S/c1-6-8-9(15(3)13-6)16(10(17)12-8)7-4-11-14(2)5-7/h4-5H,1-3H3,(H,12,17). The topological polar surface area (TPSA) is 56.4 Å². The van der Waals surface area contributed by atoms with E-state index in [-0.39, 0.29) is 0 Å². The SMILES string of the molecule is Cc1nn(C)c2c1[nH]c(=S)n2-c1cnn(C)c1. The molecule has 0 atom stereocenters. The van der Waals surface area contributed by atoms with Gasteiger partial charge in [-0.25, -0.2) is 4.68 Å². The summed E-state index contributed by atoms with van der Waals surface area (Å²) >= 11 is 5.35. The molecule has 0 bridgehead atoms. The van der Waals surface area contributed by atoms with Gasteiger partial charge in [-0.15, -0.1) is 0 Å². The fourth-order valence-electron chi connectivity index (χ4n) is 2.07. The zero-order valence-corrected chi connectivity index (χ0v) is 10.6. The first kappa shape index (κ1) is 10.3. The summed E-state index contributed by atoms with van der Waals surface area (Å²) in [5.74, 6) is 0. The Morgan fingerprint density at radius 1 is 1.35 bits per heavy atom. The maximum Gasteiger partial charge on any atom is 0.184 e. The van der Waals surface area contributed by atoms with Crippen LogP contribution in [-0.4, -0.2) is 29.1 Å². The van der Waals surface area contributed by atoms with E-state index < -0.39 is 0 Å². The Kier molecular flexibility index (Phi) is 1.99. The molecule has 17 heavy (non-hydrogen) atoms. The summed E-state index contributed by atoms with van der Waals surface area (Å²) in [6.45, 7) is 1.96. The molecule has 0 aliphatic heterocycles. The van der Waals surface area contributed by atoms with E-state index in [0.717, 1.165) is 22.5 Å². The van der Waals surface area contributed by atoms with Crippen molar-refractivity contribution >= 4 is 23.4 Å². The summed E-state index contributed by atoms with van der Waals surface area (Å²) < 4.78 is 6.17. The number of nitrogens with zero attached hydrogens (tertiary/aromatic N) is 5. The van der Waals surface area contributed by atoms with Crippen LogP contribution >= 0.6 is 12.2 Å². The molecule has 0 amide bonds. The van der Waals surface area contributed by atoms with Crippen LogP contribution < -0.4 is 0 Å². The molecule has 3 rings (SSSR count). The fraction of sp³-hybridized carbons (Fsp3) is 0.300. The van der Waals surface area contributed by atoms with Gasteiger partial charge in [0.1, 0.15) is 5.52 Å². The van der Waals surface area contributed by atoms with E-state index >= 15 is 0 Å². The highest BCUT2D eigenvalue weighted by atomic mass is 32.1. The van der Waals surface area contributed by atoms with Crippen LogP contribution in [0.5, 0.6) is 0 Å². The van der Waals surface area contributed by atoms with Gasteiger partial charge in [0, 0.05) is 20.3 Å². The smallest absolute Gasteiger partial charge is 0.184 e. The van der Waals surface area contributed by atoms with E-state index in [1.807, 2.05) is 36.5 Å². The average molecular weight is 248 g/mol. The van der Waals surface area contributed by atoms with E-state index in [4.69, 9.17) is 12.2 Å². The molecule has 0 saturated carbocycles. The number of rotatable bonds is 1. The van der Waals surface area contributed by atoms with Gasteiger partial charge in [-0.1, -0.05) is 0 Å². The zero-order chi connectivity index (χ0) is 12.2. The second-order valence-corrected chi connectivity index (χ2v) is 4.43. The molecule has 0 aliphatic rings. The van der Waals surface area contributed by atoms with Crippen molar-refractivity contribution in [2.45, 2.75) is 6.92 Å². The summed E-state index contributed by atoms with van der Waals surface area (Å²) in [6, 6.07) is 0. The molecule has 0 spiro atoms. The molecular weight excluding hydrogens is 236 g/mol. The van der Waals surface area contributed by atoms with Crippen LogP contribution in [-0.2, 0) is 14.1 Å². The first-order valence-corrected chi connectivity index (χ1v) is 5.62. The normalized spacial score (nSPS) is 11.5. The van der Waals surface area contributed by atoms with Gasteiger partial charge in [0.15, 0.2) is 10.4 Å². The largest absolute Gasteiger partial charge is 0.327 e. The van der Waals surface area contributed by atoms with Crippen molar-refractivity contribution in [1.29, 1.82) is 0 Å². The monoisotopic (exact) mass is 248 g/mol. The van der Waals surface area contributed by atoms with Crippen LogP contribution in [0.15, 0.2) is 12.4 Å². The molecule has 1 N–H and O–H groups in total. The summed E-state index contributed by atoms with van der Waals surface area (Å²) in [4.78, 5) is 3.18. The van der Waals surface area contributed by atoms with Gasteiger partial charge in [-0.3, -0.25) is 9.25 Å². The second-order valence-electron chi connectivity index (χ2n) is 4.05. The maximum absolute atomic E-state index is 5.35. The predicted molar refractivity (Wildman–Crippen MR) is 66.7 cm³/mol. The Morgan fingerprint density at radius 3 is 2.76 bits per heavy atom. The lowest BCUT2D eigenvalue weighted by molar-refractivity contribution is 0.757. The Balaban J connectivity index is 2.43. The number of aryl methyl sites for hydroxylation is 3. The first-order valence-electron chi connectivity index (χ1n) is 5.21. The molecule has 0 aliphatic carbocycles. The molecule has 0 saturated heterocycles. The quantitative estimate of drug-likeness (QED) is 0.663. The Morgan fingerprint density at radius 2 is 2.12 bits per heavy atom. The number of fused-ring (bicyclic) bond motifs is 1. The van der Waals surface area contributed by atoms with E-state index in [1.54, 1.807) is 10.9 Å². The molecule has 3 aromatic rings. The zero-order valence-electron chi connectivity index (χ0n) is 9.80. The predicted octanol–water partition coefficient (Wildman–Crippen LogP) is 1.46. The molecule has 0 fully saturated rings. The van der Waals surface area contributed by atoms with E-state index in [0.29, 0.717) is 4.77 Å². The molecule has 3 heterocycles. The Labute approximate surface area is 102 Å². The Bertz CT molecular complexity index is 756. The van der Waals surface area contributed by atoms with Crippen LogP contribution in [0.2, 0.25) is 0 Å². The first-order chi connectivity index (χ1) is 8.08. The van der Waals surface area contributed by atoms with Crippen LogP contribution in [0.1, 0.15) is 5.69 Å². The molecule has 6 nitrogen and oxygen atoms in total. The van der Waals surface area contributed by atoms with E-state index in [1.165, 1.54) is 0 Å². The molecular formula is C10H12N6S. The van der Waals surface area contributed by atoms with Gasteiger partial charge in [0.25, 0.3) is 0 Å². The van der Waals surface area contributed by atoms with Crippen LogP contribution in [0.4, 0.5) is 0 Å². The van der Waals surface area contributed by atoms with E-state index in [2.05, 4.69) is 15.2 Å². The molecule has 88 valence electrons. The van der Waals surface area contributed by atoms with Crippen molar-refractivity contribution in [3.8, 4) is 5.69 Å². The lowest BCUT2D eigenvalue weighted by atomic mass is 10.4. The number of nitrogens with one attached hydrogen (secondary N) is 1. The highest BCUT2D eigenvalue weighted by Crippen LogP contribution is 2.20. The Hall–Kier alpha value is -1.89. The van der Waals surface area contributed by atoms with Gasteiger partial charge < -0.3 is 4.98 Å². The summed E-state index contributed by atoms with van der Waals surface area (Å²) in [5, 5.41) is 8.54. The van der Waals surface area contributed by atoms with Crippen molar-refractivity contribution in [1.82, 2.24) is 29.1 Å². The van der Waals surface area contributed by atoms with Gasteiger partial charge >= 0.3 is 0 Å². The lowest BCUT2D eigenvalue weighted by Crippen LogP contribution is -1.99. The van der Waals surface area contributed by atoms with Crippen molar-refractivity contribution < 1.29 is 0 Å². The number of hydrogen-bond acceptors (Lipinski definition) is 3. The maximum atomic E-state index is 5.35. The highest BCUT2D eigenvalue weighted by Gasteiger charge is 2.14. The van der Waals surface area contributed by atoms with Crippen molar-refractivity contribution in [3.05, 3.63) is 22.9 Å². The fourth-order valence-corrected chi connectivity index (χ4v) is 2.37. The molecule has 3 aromatic heterocycles. The van der Waals surface area contributed by atoms with Gasteiger partial charge in [0.2, 0.25) is 0 Å². The van der Waals surface area contributed by atoms with Crippen LogP contribution in [0, 0.1) is 11.7 Å². The third-order valence-electron chi connectivity index (χ3n) is 2.79. The molecule has 0 unspecified atom stereocenters. The lowest BCUT2D eigenvalue weighted by Gasteiger charge is -2.00. The van der Waals surface area contributed by atoms with E-state index in [9.17, 15) is 0 Å². The van der Waals surface area contributed by atoms with Crippen molar-refractivity contribution in [3.63, 3.8) is 0 Å². The van der Waals surface area contributed by atoms with Gasteiger partial charge in [0.05, 0.1) is 17.6 Å². The molecule has 7 heteroatoms. The van der Waals surface area contributed by atoms with Gasteiger partial charge in [-0.2, -0.15) is 10.2 Å².